The van der Waals surface area contributed by atoms with E-state index in [1.807, 2.05) is 72.7 Å². The Morgan fingerprint density at radius 2 is 1.61 bits per heavy atom. The molecule has 0 spiro atoms. The Hall–Kier alpha value is -2.57. The van der Waals surface area contributed by atoms with Gasteiger partial charge in [-0.05, 0) is 73.3 Å². The lowest BCUT2D eigenvalue weighted by Gasteiger charge is -2.38. The highest BCUT2D eigenvalue weighted by atomic mass is 16.6. The molecule has 33 heavy (non-hydrogen) atoms. The Balaban J connectivity index is 3.44. The summed E-state index contributed by atoms with van der Waals surface area (Å²) in [6.07, 6.45) is -0.225. The summed E-state index contributed by atoms with van der Waals surface area (Å²) in [5, 5.41) is 5.71. The van der Waals surface area contributed by atoms with Gasteiger partial charge in [0.15, 0.2) is 0 Å². The van der Waals surface area contributed by atoms with E-state index < -0.39 is 23.8 Å². The van der Waals surface area contributed by atoms with Crippen LogP contribution < -0.4 is 10.6 Å². The number of ether oxygens (including phenoxy) is 1. The summed E-state index contributed by atoms with van der Waals surface area (Å²) in [7, 11) is 0. The van der Waals surface area contributed by atoms with Crippen LogP contribution >= 0.6 is 0 Å². The average Bonchev–Trinajstić information content (AvgIpc) is 2.61. The number of nitrogens with one attached hydrogen (secondary N) is 2. The highest BCUT2D eigenvalue weighted by Crippen LogP contribution is 2.27. The third-order valence-electron chi connectivity index (χ3n) is 4.82. The van der Waals surface area contributed by atoms with Crippen molar-refractivity contribution in [2.75, 3.05) is 0 Å². The number of hydrogen-bond acceptors (Lipinski definition) is 4. The van der Waals surface area contributed by atoms with Gasteiger partial charge >= 0.3 is 6.09 Å². The Bertz CT molecular complexity index is 812. The molecule has 0 aliphatic rings. The minimum atomic E-state index is -0.824. The third-order valence-corrected chi connectivity index (χ3v) is 4.82. The van der Waals surface area contributed by atoms with Crippen molar-refractivity contribution in [2.24, 2.45) is 5.92 Å². The highest BCUT2D eigenvalue weighted by Gasteiger charge is 2.38. The number of hydrogen-bond donors (Lipinski definition) is 2. The molecule has 0 heterocycles. The molecular formula is C26H43N3O4. The number of alkyl carbamates (subject to hydrolysis) is 1. The summed E-state index contributed by atoms with van der Waals surface area (Å²) in [4.78, 5) is 41.3. The van der Waals surface area contributed by atoms with Gasteiger partial charge in [0, 0.05) is 12.1 Å². The van der Waals surface area contributed by atoms with E-state index in [-0.39, 0.29) is 29.8 Å². The van der Waals surface area contributed by atoms with Crippen LogP contribution in [0, 0.1) is 12.8 Å². The molecule has 7 nitrogen and oxygen atoms in total. The molecule has 0 saturated heterocycles. The lowest BCUT2D eigenvalue weighted by Crippen LogP contribution is -2.55. The van der Waals surface area contributed by atoms with Crippen molar-refractivity contribution in [1.29, 1.82) is 0 Å². The van der Waals surface area contributed by atoms with Gasteiger partial charge in [0.1, 0.15) is 17.7 Å². The van der Waals surface area contributed by atoms with Crippen LogP contribution in [0.15, 0.2) is 24.3 Å². The van der Waals surface area contributed by atoms with Crippen molar-refractivity contribution in [3.8, 4) is 0 Å². The number of amides is 3. The van der Waals surface area contributed by atoms with Gasteiger partial charge in [0.2, 0.25) is 11.8 Å². The van der Waals surface area contributed by atoms with Crippen LogP contribution in [0.4, 0.5) is 4.79 Å². The fourth-order valence-electron chi connectivity index (χ4n) is 3.64. The zero-order chi connectivity index (χ0) is 25.5. The van der Waals surface area contributed by atoms with E-state index in [4.69, 9.17) is 4.74 Å². The molecule has 2 N–H and O–H groups in total. The van der Waals surface area contributed by atoms with Crippen molar-refractivity contribution in [3.05, 3.63) is 35.4 Å². The Labute approximate surface area is 199 Å². The first-order valence-electron chi connectivity index (χ1n) is 11.8. The van der Waals surface area contributed by atoms with E-state index in [9.17, 15) is 14.4 Å². The fourth-order valence-corrected chi connectivity index (χ4v) is 3.64. The lowest BCUT2D eigenvalue weighted by molar-refractivity contribution is -0.145. The van der Waals surface area contributed by atoms with E-state index in [1.54, 1.807) is 25.7 Å². The minimum absolute atomic E-state index is 0.0831. The maximum Gasteiger partial charge on any atom is 0.408 e. The van der Waals surface area contributed by atoms with Crippen molar-refractivity contribution in [1.82, 2.24) is 15.5 Å². The van der Waals surface area contributed by atoms with E-state index in [2.05, 4.69) is 10.6 Å². The van der Waals surface area contributed by atoms with Gasteiger partial charge in [0.25, 0.3) is 0 Å². The van der Waals surface area contributed by atoms with Gasteiger partial charge < -0.3 is 20.3 Å². The molecule has 2 unspecified atom stereocenters. The molecule has 0 aromatic heterocycles. The Morgan fingerprint density at radius 3 is 2.06 bits per heavy atom. The van der Waals surface area contributed by atoms with Gasteiger partial charge in [-0.2, -0.15) is 0 Å². The van der Waals surface area contributed by atoms with E-state index in [0.717, 1.165) is 11.1 Å². The predicted octanol–water partition coefficient (Wildman–Crippen LogP) is 4.74. The zero-order valence-electron chi connectivity index (χ0n) is 22.0. The maximum atomic E-state index is 13.9. The summed E-state index contributed by atoms with van der Waals surface area (Å²) in [5.74, 6) is -0.419. The molecule has 0 saturated carbocycles. The smallest absolute Gasteiger partial charge is 0.408 e. The number of nitrogens with zero attached hydrogens (tertiary/aromatic N) is 1. The van der Waals surface area contributed by atoms with Crippen LogP contribution in [0.25, 0.3) is 0 Å². The van der Waals surface area contributed by atoms with Crippen molar-refractivity contribution >= 4 is 17.9 Å². The molecule has 0 radical (unpaired) electrons. The van der Waals surface area contributed by atoms with Crippen molar-refractivity contribution in [2.45, 2.75) is 105 Å². The van der Waals surface area contributed by atoms with E-state index >= 15 is 0 Å². The summed E-state index contributed by atoms with van der Waals surface area (Å²) < 4.78 is 5.40. The van der Waals surface area contributed by atoms with E-state index in [0.29, 0.717) is 6.42 Å². The largest absolute Gasteiger partial charge is 0.444 e. The summed E-state index contributed by atoms with van der Waals surface area (Å²) in [6, 6.07) is 5.61. The first kappa shape index (κ1) is 28.5. The Morgan fingerprint density at radius 1 is 1.00 bits per heavy atom. The SMILES string of the molecule is Cc1cccc(C(C(=O)NC(C)C)N(C(=O)C(CC(C)C)NC(=O)OC(C)(C)C)C(C)C)c1. The second kappa shape index (κ2) is 12.1. The summed E-state index contributed by atoms with van der Waals surface area (Å²) >= 11 is 0. The second-order valence-corrected chi connectivity index (χ2v) is 10.6. The van der Waals surface area contributed by atoms with Gasteiger partial charge in [-0.15, -0.1) is 0 Å². The van der Waals surface area contributed by atoms with Crippen LogP contribution in [-0.2, 0) is 14.3 Å². The quantitative estimate of drug-likeness (QED) is 0.556. The second-order valence-electron chi connectivity index (χ2n) is 10.6. The predicted molar refractivity (Wildman–Crippen MR) is 132 cm³/mol. The topological polar surface area (TPSA) is 87.7 Å². The van der Waals surface area contributed by atoms with Gasteiger partial charge in [0.05, 0.1) is 0 Å². The van der Waals surface area contributed by atoms with Gasteiger partial charge in [-0.1, -0.05) is 43.7 Å². The minimum Gasteiger partial charge on any atom is -0.444 e. The number of rotatable bonds is 9. The van der Waals surface area contributed by atoms with Gasteiger partial charge in [-0.3, -0.25) is 9.59 Å². The molecule has 0 fully saturated rings. The number of benzene rings is 1. The summed E-state index contributed by atoms with van der Waals surface area (Å²) in [5.41, 5.74) is 1.04. The molecule has 0 bridgehead atoms. The maximum absolute atomic E-state index is 13.9. The monoisotopic (exact) mass is 461 g/mol. The van der Waals surface area contributed by atoms with Crippen LogP contribution in [0.3, 0.4) is 0 Å². The number of aryl methyl sites for hydroxylation is 1. The first-order chi connectivity index (χ1) is 15.1. The molecule has 1 aromatic carbocycles. The van der Waals surface area contributed by atoms with Crippen LogP contribution in [-0.4, -0.2) is 46.5 Å². The standard InChI is InChI=1S/C26H43N3O4/c1-16(2)14-21(28-25(32)33-26(8,9)10)24(31)29(18(5)6)22(23(30)27-17(3)4)20-13-11-12-19(7)15-20/h11-13,15-18,21-22H,14H2,1-10H3,(H,27,30)(H,28,32). The first-order valence-corrected chi connectivity index (χ1v) is 11.8. The van der Waals surface area contributed by atoms with Gasteiger partial charge in [-0.25, -0.2) is 4.79 Å². The van der Waals surface area contributed by atoms with Crippen molar-refractivity contribution in [3.63, 3.8) is 0 Å². The molecule has 0 aliphatic heterocycles. The molecule has 186 valence electrons. The molecule has 0 aliphatic carbocycles. The number of carbonyl (C=O) groups is 3. The van der Waals surface area contributed by atoms with Crippen molar-refractivity contribution < 1.29 is 19.1 Å². The highest BCUT2D eigenvalue weighted by molar-refractivity contribution is 5.92. The van der Waals surface area contributed by atoms with Crippen LogP contribution in [0.5, 0.6) is 0 Å². The molecule has 7 heteroatoms. The molecule has 2 atom stereocenters. The molecule has 3 amide bonds. The molecule has 1 aromatic rings. The zero-order valence-corrected chi connectivity index (χ0v) is 22.0. The van der Waals surface area contributed by atoms with Crippen LogP contribution in [0.2, 0.25) is 0 Å². The molecule has 1 rings (SSSR count). The lowest BCUT2D eigenvalue weighted by atomic mass is 9.97. The third kappa shape index (κ3) is 9.44. The summed E-state index contributed by atoms with van der Waals surface area (Å²) in [6.45, 7) is 18.8. The normalized spacial score (nSPS) is 13.6. The van der Waals surface area contributed by atoms with E-state index in [1.165, 1.54) is 0 Å². The van der Waals surface area contributed by atoms with Crippen LogP contribution in [0.1, 0.15) is 85.9 Å². The average molecular weight is 462 g/mol. The number of carbonyl (C=O) groups excluding carboxylic acids is 3. The Kier molecular flexibility index (Phi) is 10.4. The molecular weight excluding hydrogens is 418 g/mol. The fraction of sp³-hybridized carbons (Fsp3) is 0.654.